The van der Waals surface area contributed by atoms with Crippen molar-refractivity contribution in [3.63, 3.8) is 0 Å². The molecule has 0 radical (unpaired) electrons. The van der Waals surface area contributed by atoms with Crippen LogP contribution in [0.25, 0.3) is 6.08 Å². The maximum absolute atomic E-state index is 11.0. The maximum Gasteiger partial charge on any atom is 0.157 e. The van der Waals surface area contributed by atoms with Crippen LogP contribution in [0.2, 0.25) is 0 Å². The average Bonchev–Trinajstić information content (AvgIpc) is 2.34. The fourth-order valence-corrected chi connectivity index (χ4v) is 1.67. The third kappa shape index (κ3) is 0.690. The maximum atomic E-state index is 11.0. The Bertz CT molecular complexity index is 321. The third-order valence-electron chi connectivity index (χ3n) is 1.23. The molecule has 2 heterocycles. The van der Waals surface area contributed by atoms with Crippen molar-refractivity contribution in [3.8, 4) is 0 Å². The Balaban J connectivity index is 2.70. The molecule has 1 aromatic rings. The molecule has 1 atom stereocenters. The van der Waals surface area contributed by atoms with Gasteiger partial charge in [0.2, 0.25) is 0 Å². The minimum Gasteiger partial charge on any atom is -0.252 e. The van der Waals surface area contributed by atoms with Crippen LogP contribution in [-0.2, 0) is 10.8 Å². The van der Waals surface area contributed by atoms with Crippen molar-refractivity contribution in [1.82, 2.24) is 9.97 Å². The predicted molar refractivity (Wildman–Crippen MR) is 37.5 cm³/mol. The Kier molecular flexibility index (Phi) is 1.14. The number of fused-ring (bicyclic) bond motifs is 1. The minimum atomic E-state index is -1.05. The minimum absolute atomic E-state index is 0.572. The normalized spacial score (nSPS) is 21.0. The summed E-state index contributed by atoms with van der Waals surface area (Å²) in [6.45, 7) is 0. The van der Waals surface area contributed by atoms with Gasteiger partial charge in [-0.15, -0.1) is 0 Å². The highest BCUT2D eigenvalue weighted by Gasteiger charge is 2.13. The highest BCUT2D eigenvalue weighted by atomic mass is 32.2. The molecule has 1 aromatic heterocycles. The van der Waals surface area contributed by atoms with Crippen LogP contribution >= 0.6 is 0 Å². The first kappa shape index (κ1) is 5.73. The van der Waals surface area contributed by atoms with Crippen molar-refractivity contribution in [2.24, 2.45) is 0 Å². The lowest BCUT2D eigenvalue weighted by Gasteiger charge is -1.90. The van der Waals surface area contributed by atoms with E-state index in [-0.39, 0.29) is 0 Å². The molecule has 0 fully saturated rings. The van der Waals surface area contributed by atoms with E-state index in [1.165, 1.54) is 0 Å². The molecule has 0 aliphatic carbocycles. The molecule has 0 aromatic carbocycles. The van der Waals surface area contributed by atoms with Gasteiger partial charge in [-0.2, -0.15) is 0 Å². The van der Waals surface area contributed by atoms with Crippen molar-refractivity contribution in [2.45, 2.75) is 5.03 Å². The van der Waals surface area contributed by atoms with Gasteiger partial charge in [-0.25, -0.2) is 9.19 Å². The molecule has 2 rings (SSSR count). The van der Waals surface area contributed by atoms with E-state index < -0.39 is 10.8 Å². The van der Waals surface area contributed by atoms with Crippen LogP contribution in [0.3, 0.4) is 0 Å². The van der Waals surface area contributed by atoms with E-state index in [4.69, 9.17) is 0 Å². The summed E-state index contributed by atoms with van der Waals surface area (Å²) in [5, 5.41) is 2.16. The monoisotopic (exact) mass is 152 g/mol. The average molecular weight is 152 g/mol. The van der Waals surface area contributed by atoms with Gasteiger partial charge < -0.3 is 0 Å². The second-order valence-electron chi connectivity index (χ2n) is 1.85. The zero-order valence-electron chi connectivity index (χ0n) is 5.02. The highest BCUT2D eigenvalue weighted by molar-refractivity contribution is 7.88. The molecular formula is C6H4N2OS. The lowest BCUT2D eigenvalue weighted by molar-refractivity contribution is 0.686. The van der Waals surface area contributed by atoms with Crippen LogP contribution < -0.4 is 0 Å². The molecule has 0 bridgehead atoms. The van der Waals surface area contributed by atoms with Gasteiger partial charge in [-0.05, 0) is 6.08 Å². The van der Waals surface area contributed by atoms with Crippen molar-refractivity contribution >= 4 is 16.9 Å². The Morgan fingerprint density at radius 3 is 2.90 bits per heavy atom. The first-order valence-electron chi connectivity index (χ1n) is 2.78. The molecule has 0 amide bonds. The van der Waals surface area contributed by atoms with E-state index in [0.29, 0.717) is 5.03 Å². The fraction of sp³-hybridized carbons (Fsp3) is 0. The number of rotatable bonds is 0. The molecule has 0 spiro atoms. The molecule has 50 valence electrons. The molecule has 10 heavy (non-hydrogen) atoms. The SMILES string of the molecule is O=S1C=Cc2nccnc21. The number of aromatic nitrogens is 2. The van der Waals surface area contributed by atoms with E-state index in [0.717, 1.165) is 5.69 Å². The smallest absolute Gasteiger partial charge is 0.157 e. The molecule has 1 aliphatic rings. The van der Waals surface area contributed by atoms with Gasteiger partial charge in [-0.3, -0.25) is 4.98 Å². The molecule has 1 aliphatic heterocycles. The number of nitrogens with zero attached hydrogens (tertiary/aromatic N) is 2. The third-order valence-corrected chi connectivity index (χ3v) is 2.31. The summed E-state index contributed by atoms with van der Waals surface area (Å²) in [5.74, 6) is 0. The Labute approximate surface area is 60.3 Å². The summed E-state index contributed by atoms with van der Waals surface area (Å²) >= 11 is 0. The summed E-state index contributed by atoms with van der Waals surface area (Å²) < 4.78 is 11.0. The van der Waals surface area contributed by atoms with Crippen LogP contribution in [0.15, 0.2) is 22.8 Å². The molecule has 1 unspecified atom stereocenters. The largest absolute Gasteiger partial charge is 0.252 e. The second-order valence-corrected chi connectivity index (χ2v) is 3.10. The summed E-state index contributed by atoms with van der Waals surface area (Å²) in [7, 11) is -1.05. The zero-order valence-corrected chi connectivity index (χ0v) is 5.84. The molecule has 0 saturated heterocycles. The van der Waals surface area contributed by atoms with Crippen LogP contribution in [0, 0.1) is 0 Å². The molecule has 4 heteroatoms. The standard InChI is InChI=1S/C6H4N2OS/c9-10-4-1-5-6(10)8-3-2-7-5/h1-4H. The molecule has 0 N–H and O–H groups in total. The highest BCUT2D eigenvalue weighted by Crippen LogP contribution is 2.17. The molecule has 3 nitrogen and oxygen atoms in total. The van der Waals surface area contributed by atoms with Crippen molar-refractivity contribution in [2.75, 3.05) is 0 Å². The van der Waals surface area contributed by atoms with Crippen molar-refractivity contribution < 1.29 is 4.21 Å². The first-order valence-corrected chi connectivity index (χ1v) is 3.99. The molecule has 0 saturated carbocycles. The van der Waals surface area contributed by atoms with Crippen LogP contribution in [0.5, 0.6) is 0 Å². The van der Waals surface area contributed by atoms with Crippen LogP contribution in [0.1, 0.15) is 5.69 Å². The Hall–Kier alpha value is -1.03. The van der Waals surface area contributed by atoms with E-state index in [2.05, 4.69) is 9.97 Å². The van der Waals surface area contributed by atoms with E-state index in [1.807, 2.05) is 0 Å². The van der Waals surface area contributed by atoms with Gasteiger partial charge in [0.05, 0.1) is 16.5 Å². The summed E-state index contributed by atoms with van der Waals surface area (Å²) in [5.41, 5.74) is 0.723. The predicted octanol–water partition coefficient (Wildman–Crippen LogP) is 0.569. The second kappa shape index (κ2) is 1.98. The molecular weight excluding hydrogens is 148 g/mol. The van der Waals surface area contributed by atoms with Crippen molar-refractivity contribution in [1.29, 1.82) is 0 Å². The van der Waals surface area contributed by atoms with E-state index >= 15 is 0 Å². The van der Waals surface area contributed by atoms with Gasteiger partial charge in [0.1, 0.15) is 0 Å². The summed E-state index contributed by atoms with van der Waals surface area (Å²) in [4.78, 5) is 7.88. The quantitative estimate of drug-likeness (QED) is 0.545. The van der Waals surface area contributed by atoms with Crippen molar-refractivity contribution in [3.05, 3.63) is 23.5 Å². The van der Waals surface area contributed by atoms with Crippen LogP contribution in [0.4, 0.5) is 0 Å². The number of hydrogen-bond donors (Lipinski definition) is 0. The van der Waals surface area contributed by atoms with Gasteiger partial charge >= 0.3 is 0 Å². The lowest BCUT2D eigenvalue weighted by Crippen LogP contribution is -1.90. The fourth-order valence-electron chi connectivity index (χ4n) is 0.796. The first-order chi connectivity index (χ1) is 4.88. The summed E-state index contributed by atoms with van der Waals surface area (Å²) in [6, 6.07) is 0. The Morgan fingerprint density at radius 2 is 2.10 bits per heavy atom. The zero-order chi connectivity index (χ0) is 6.97. The summed E-state index contributed by atoms with van der Waals surface area (Å²) in [6.07, 6.45) is 4.86. The lowest BCUT2D eigenvalue weighted by atomic mass is 10.4. The van der Waals surface area contributed by atoms with Gasteiger partial charge in [-0.1, -0.05) is 0 Å². The van der Waals surface area contributed by atoms with E-state index in [1.54, 1.807) is 23.9 Å². The number of hydrogen-bond acceptors (Lipinski definition) is 3. The Morgan fingerprint density at radius 1 is 1.30 bits per heavy atom. The van der Waals surface area contributed by atoms with Gasteiger partial charge in [0.15, 0.2) is 5.03 Å². The van der Waals surface area contributed by atoms with E-state index in [9.17, 15) is 4.21 Å². The van der Waals surface area contributed by atoms with Gasteiger partial charge in [0.25, 0.3) is 0 Å². The van der Waals surface area contributed by atoms with Crippen LogP contribution in [-0.4, -0.2) is 14.2 Å². The van der Waals surface area contributed by atoms with Gasteiger partial charge in [0, 0.05) is 17.8 Å². The topological polar surface area (TPSA) is 42.9 Å².